The first-order valence-corrected chi connectivity index (χ1v) is 6.66. The Bertz CT molecular complexity index is 210. The molecule has 1 amide bonds. The zero-order valence-corrected chi connectivity index (χ0v) is 10.9. The zero-order chi connectivity index (χ0) is 12.0. The molecule has 0 aromatic heterocycles. The summed E-state index contributed by atoms with van der Waals surface area (Å²) in [6, 6.07) is 0. The molecule has 0 saturated carbocycles. The van der Waals surface area contributed by atoms with Gasteiger partial charge in [-0.3, -0.25) is 4.79 Å². The molecule has 1 unspecified atom stereocenters. The van der Waals surface area contributed by atoms with E-state index >= 15 is 0 Å². The molecule has 2 N–H and O–H groups in total. The second kappa shape index (κ2) is 6.24. The number of amides is 1. The van der Waals surface area contributed by atoms with Crippen LogP contribution in [0.1, 0.15) is 46.5 Å². The lowest BCUT2D eigenvalue weighted by Gasteiger charge is -2.31. The molecule has 1 fully saturated rings. The highest BCUT2D eigenvalue weighted by atomic mass is 16.1. The molecule has 0 bridgehead atoms. The Hall–Kier alpha value is -0.570. The molecule has 3 heteroatoms. The van der Waals surface area contributed by atoms with Crippen LogP contribution in [0.15, 0.2) is 0 Å². The van der Waals surface area contributed by atoms with Crippen molar-refractivity contribution in [2.75, 3.05) is 19.6 Å². The van der Waals surface area contributed by atoms with Crippen molar-refractivity contribution in [2.45, 2.75) is 46.5 Å². The lowest BCUT2D eigenvalue weighted by atomic mass is 9.79. The van der Waals surface area contributed by atoms with E-state index in [1.54, 1.807) is 0 Å². The van der Waals surface area contributed by atoms with Crippen LogP contribution < -0.4 is 10.6 Å². The highest BCUT2D eigenvalue weighted by molar-refractivity contribution is 5.79. The number of carbonyl (C=O) groups is 1. The molecule has 0 aromatic rings. The standard InChI is InChI=1S/C13H26N2O/c1-4-13(5-2,6-3)10-15-12(16)11-7-8-14-9-11/h11,14H,4-10H2,1-3H3,(H,15,16). The van der Waals surface area contributed by atoms with Gasteiger partial charge in [-0.2, -0.15) is 0 Å². The third kappa shape index (κ3) is 3.21. The van der Waals surface area contributed by atoms with E-state index < -0.39 is 0 Å². The summed E-state index contributed by atoms with van der Waals surface area (Å²) in [5.74, 6) is 0.438. The first kappa shape index (κ1) is 13.5. The summed E-state index contributed by atoms with van der Waals surface area (Å²) >= 11 is 0. The van der Waals surface area contributed by atoms with E-state index in [1.165, 1.54) is 0 Å². The summed E-state index contributed by atoms with van der Waals surface area (Å²) in [6.45, 7) is 9.33. The van der Waals surface area contributed by atoms with Gasteiger partial charge in [0.15, 0.2) is 0 Å². The monoisotopic (exact) mass is 226 g/mol. The maximum absolute atomic E-state index is 11.9. The highest BCUT2D eigenvalue weighted by Crippen LogP contribution is 2.29. The van der Waals surface area contributed by atoms with E-state index in [-0.39, 0.29) is 11.8 Å². The van der Waals surface area contributed by atoms with Crippen LogP contribution in [0.5, 0.6) is 0 Å². The molecule has 1 aliphatic heterocycles. The van der Waals surface area contributed by atoms with Crippen molar-refractivity contribution >= 4 is 5.91 Å². The van der Waals surface area contributed by atoms with E-state index in [9.17, 15) is 4.79 Å². The van der Waals surface area contributed by atoms with Gasteiger partial charge in [-0.25, -0.2) is 0 Å². The van der Waals surface area contributed by atoms with Crippen molar-refractivity contribution in [1.82, 2.24) is 10.6 Å². The molecular weight excluding hydrogens is 200 g/mol. The largest absolute Gasteiger partial charge is 0.355 e. The Morgan fingerprint density at radius 3 is 2.38 bits per heavy atom. The minimum atomic E-state index is 0.197. The maximum atomic E-state index is 11.9. The van der Waals surface area contributed by atoms with Gasteiger partial charge in [0.25, 0.3) is 0 Å². The first-order valence-electron chi connectivity index (χ1n) is 6.66. The normalized spacial score (nSPS) is 21.1. The van der Waals surface area contributed by atoms with E-state index in [0.29, 0.717) is 5.41 Å². The van der Waals surface area contributed by atoms with Gasteiger partial charge in [0, 0.05) is 13.1 Å². The van der Waals surface area contributed by atoms with Crippen molar-refractivity contribution in [3.05, 3.63) is 0 Å². The summed E-state index contributed by atoms with van der Waals surface area (Å²) < 4.78 is 0. The molecule has 94 valence electrons. The average Bonchev–Trinajstić information content (AvgIpc) is 2.85. The van der Waals surface area contributed by atoms with Crippen molar-refractivity contribution in [1.29, 1.82) is 0 Å². The van der Waals surface area contributed by atoms with Gasteiger partial charge in [0.2, 0.25) is 5.91 Å². The smallest absolute Gasteiger partial charge is 0.224 e. The van der Waals surface area contributed by atoms with Gasteiger partial charge in [-0.1, -0.05) is 20.8 Å². The first-order chi connectivity index (χ1) is 7.67. The van der Waals surface area contributed by atoms with Gasteiger partial charge >= 0.3 is 0 Å². The molecule has 1 atom stereocenters. The molecule has 1 rings (SSSR count). The van der Waals surface area contributed by atoms with Gasteiger partial charge in [-0.15, -0.1) is 0 Å². The molecule has 1 heterocycles. The van der Waals surface area contributed by atoms with Crippen LogP contribution in [0.4, 0.5) is 0 Å². The van der Waals surface area contributed by atoms with Crippen molar-refractivity contribution < 1.29 is 4.79 Å². The van der Waals surface area contributed by atoms with Crippen molar-refractivity contribution in [3.63, 3.8) is 0 Å². The van der Waals surface area contributed by atoms with Crippen molar-refractivity contribution in [3.8, 4) is 0 Å². The summed E-state index contributed by atoms with van der Waals surface area (Å²) in [6.07, 6.45) is 4.42. The van der Waals surface area contributed by atoms with Gasteiger partial charge in [0.1, 0.15) is 0 Å². The van der Waals surface area contributed by atoms with Gasteiger partial charge in [-0.05, 0) is 37.6 Å². The van der Waals surface area contributed by atoms with Gasteiger partial charge in [0.05, 0.1) is 5.92 Å². The Morgan fingerprint density at radius 1 is 1.31 bits per heavy atom. The van der Waals surface area contributed by atoms with Crippen LogP contribution in [0.3, 0.4) is 0 Å². The Morgan fingerprint density at radius 2 is 1.94 bits per heavy atom. The fourth-order valence-corrected chi connectivity index (χ4v) is 2.42. The molecule has 0 spiro atoms. The van der Waals surface area contributed by atoms with E-state index in [0.717, 1.165) is 45.3 Å². The predicted molar refractivity (Wildman–Crippen MR) is 67.3 cm³/mol. The zero-order valence-electron chi connectivity index (χ0n) is 10.9. The lowest BCUT2D eigenvalue weighted by molar-refractivity contribution is -0.125. The summed E-state index contributed by atoms with van der Waals surface area (Å²) in [7, 11) is 0. The second-order valence-electron chi connectivity index (χ2n) is 4.97. The van der Waals surface area contributed by atoms with Gasteiger partial charge < -0.3 is 10.6 Å². The van der Waals surface area contributed by atoms with Crippen molar-refractivity contribution in [2.24, 2.45) is 11.3 Å². The molecule has 3 nitrogen and oxygen atoms in total. The molecule has 0 aliphatic carbocycles. The molecule has 0 aromatic carbocycles. The third-order valence-corrected chi connectivity index (χ3v) is 4.32. The lowest BCUT2D eigenvalue weighted by Crippen LogP contribution is -2.40. The Labute approximate surface area is 99.4 Å². The second-order valence-corrected chi connectivity index (χ2v) is 4.97. The quantitative estimate of drug-likeness (QED) is 0.726. The van der Waals surface area contributed by atoms with Crippen LogP contribution in [-0.2, 0) is 4.79 Å². The molecule has 1 aliphatic rings. The predicted octanol–water partition coefficient (Wildman–Crippen LogP) is 1.93. The van der Waals surface area contributed by atoms with Crippen LogP contribution >= 0.6 is 0 Å². The van der Waals surface area contributed by atoms with Crippen LogP contribution in [0.2, 0.25) is 0 Å². The Balaban J connectivity index is 2.39. The topological polar surface area (TPSA) is 41.1 Å². The Kier molecular flexibility index (Phi) is 5.26. The highest BCUT2D eigenvalue weighted by Gasteiger charge is 2.27. The van der Waals surface area contributed by atoms with E-state index in [1.807, 2.05) is 0 Å². The third-order valence-electron chi connectivity index (χ3n) is 4.32. The fraction of sp³-hybridized carbons (Fsp3) is 0.923. The maximum Gasteiger partial charge on any atom is 0.224 e. The number of hydrogen-bond donors (Lipinski definition) is 2. The average molecular weight is 226 g/mol. The minimum absolute atomic E-state index is 0.197. The number of nitrogens with one attached hydrogen (secondary N) is 2. The summed E-state index contributed by atoms with van der Waals surface area (Å²) in [5.41, 5.74) is 0.307. The fourth-order valence-electron chi connectivity index (χ4n) is 2.42. The number of hydrogen-bond acceptors (Lipinski definition) is 2. The van der Waals surface area contributed by atoms with Crippen LogP contribution in [-0.4, -0.2) is 25.5 Å². The summed E-state index contributed by atoms with van der Waals surface area (Å²) in [4.78, 5) is 11.9. The summed E-state index contributed by atoms with van der Waals surface area (Å²) in [5, 5.41) is 6.37. The molecule has 16 heavy (non-hydrogen) atoms. The molecule has 1 saturated heterocycles. The minimum Gasteiger partial charge on any atom is -0.355 e. The van der Waals surface area contributed by atoms with Crippen LogP contribution in [0, 0.1) is 11.3 Å². The van der Waals surface area contributed by atoms with E-state index in [2.05, 4.69) is 31.4 Å². The SMILES string of the molecule is CCC(CC)(CC)CNC(=O)C1CCNC1. The van der Waals surface area contributed by atoms with Crippen LogP contribution in [0.25, 0.3) is 0 Å². The molecule has 0 radical (unpaired) electrons. The number of carbonyl (C=O) groups excluding carboxylic acids is 1. The number of rotatable bonds is 6. The molecular formula is C13H26N2O. The van der Waals surface area contributed by atoms with E-state index in [4.69, 9.17) is 0 Å².